The highest BCUT2D eigenvalue weighted by molar-refractivity contribution is 7.80. The molecule has 0 unspecified atom stereocenters. The largest absolute Gasteiger partial charge is 0.493 e. The van der Waals surface area contributed by atoms with Gasteiger partial charge in [0.05, 0.1) is 25.3 Å². The minimum atomic E-state index is -4.98. The SMILES string of the molecule is COc1ccc(CNC(=O)OC2=CC3(CCN(C(=S)Nc4cc(C(F)(F)F)cc(C(F)(F)F)c4)CC3)ON2)cc1OC. The molecule has 228 valence electrons. The van der Waals surface area contributed by atoms with E-state index in [1.807, 2.05) is 0 Å². The highest BCUT2D eigenvalue weighted by atomic mass is 32.1. The Morgan fingerprint density at radius 3 is 2.19 bits per heavy atom. The number of hydrogen-bond acceptors (Lipinski definition) is 7. The maximum absolute atomic E-state index is 13.2. The Kier molecular flexibility index (Phi) is 8.96. The van der Waals surface area contributed by atoms with Crippen LogP contribution in [0, 0.1) is 0 Å². The summed E-state index contributed by atoms with van der Waals surface area (Å²) in [6.07, 6.45) is -8.44. The fraction of sp³-hybridized carbons (Fsp3) is 0.385. The van der Waals surface area contributed by atoms with Crippen LogP contribution >= 0.6 is 12.2 Å². The minimum Gasteiger partial charge on any atom is -0.493 e. The van der Waals surface area contributed by atoms with E-state index in [0.717, 1.165) is 5.56 Å². The Bertz CT molecular complexity index is 1330. The number of methoxy groups -OCH3 is 2. The summed E-state index contributed by atoms with van der Waals surface area (Å²) < 4.78 is 94.7. The normalized spacial score (nSPS) is 16.4. The number of nitrogens with one attached hydrogen (secondary N) is 3. The van der Waals surface area contributed by atoms with Crippen molar-refractivity contribution in [1.82, 2.24) is 15.7 Å². The van der Waals surface area contributed by atoms with Crippen LogP contribution in [0.2, 0.25) is 0 Å². The van der Waals surface area contributed by atoms with Gasteiger partial charge in [-0.15, -0.1) is 0 Å². The second-order valence-electron chi connectivity index (χ2n) is 9.42. The number of carbonyl (C=O) groups excluding carboxylic acids is 1. The molecule has 0 aromatic heterocycles. The van der Waals surface area contributed by atoms with Crippen LogP contribution in [0.3, 0.4) is 0 Å². The van der Waals surface area contributed by atoms with E-state index >= 15 is 0 Å². The molecule has 2 aliphatic rings. The molecule has 2 aromatic rings. The third-order valence-corrected chi connectivity index (χ3v) is 6.93. The van der Waals surface area contributed by atoms with Gasteiger partial charge in [-0.2, -0.15) is 26.3 Å². The number of ether oxygens (including phenoxy) is 3. The molecule has 1 spiro atoms. The summed E-state index contributed by atoms with van der Waals surface area (Å²) in [5.41, 5.74) is -0.883. The van der Waals surface area contributed by atoms with Gasteiger partial charge >= 0.3 is 18.4 Å². The van der Waals surface area contributed by atoms with Gasteiger partial charge in [-0.1, -0.05) is 6.07 Å². The van der Waals surface area contributed by atoms with Crippen LogP contribution in [0.15, 0.2) is 48.4 Å². The summed E-state index contributed by atoms with van der Waals surface area (Å²) in [6.45, 7) is 0.663. The van der Waals surface area contributed by atoms with E-state index in [1.165, 1.54) is 14.2 Å². The van der Waals surface area contributed by atoms with Crippen molar-refractivity contribution < 1.29 is 50.2 Å². The average Bonchev–Trinajstić information content (AvgIpc) is 3.32. The third-order valence-electron chi connectivity index (χ3n) is 6.57. The second-order valence-corrected chi connectivity index (χ2v) is 9.81. The molecule has 0 bridgehead atoms. The summed E-state index contributed by atoms with van der Waals surface area (Å²) in [5, 5.41) is 5.05. The first-order valence-electron chi connectivity index (χ1n) is 12.4. The van der Waals surface area contributed by atoms with Crippen molar-refractivity contribution in [2.75, 3.05) is 32.6 Å². The Morgan fingerprint density at radius 1 is 1.00 bits per heavy atom. The lowest BCUT2D eigenvalue weighted by molar-refractivity contribution is -0.143. The van der Waals surface area contributed by atoms with Crippen molar-refractivity contribution in [2.24, 2.45) is 0 Å². The maximum Gasteiger partial charge on any atom is 0.416 e. The maximum atomic E-state index is 13.2. The molecule has 0 saturated carbocycles. The molecule has 0 aliphatic carbocycles. The van der Waals surface area contributed by atoms with E-state index in [4.69, 9.17) is 31.3 Å². The van der Waals surface area contributed by atoms with Crippen molar-refractivity contribution in [1.29, 1.82) is 0 Å². The molecule has 16 heteroatoms. The standard InChI is InChI=1S/C26H26F6N4O5S/c1-38-19-4-3-15(9-20(19)39-2)14-33-23(37)40-21-13-24(41-35-21)5-7-36(8-6-24)22(42)34-18-11-16(25(27,28)29)10-17(12-18)26(30,31)32/h3-4,9-13,35H,5-8,14H2,1-2H3,(H,33,37)(H,34,42). The number of halogens is 6. The third kappa shape index (κ3) is 7.47. The van der Waals surface area contributed by atoms with Crippen molar-refractivity contribution in [3.05, 3.63) is 65.0 Å². The number of rotatable bonds is 6. The first-order chi connectivity index (χ1) is 19.7. The number of hydrogen-bond donors (Lipinski definition) is 3. The number of carbonyl (C=O) groups is 1. The molecule has 1 saturated heterocycles. The van der Waals surface area contributed by atoms with Crippen molar-refractivity contribution in [3.8, 4) is 11.5 Å². The van der Waals surface area contributed by atoms with E-state index in [0.29, 0.717) is 36.5 Å². The van der Waals surface area contributed by atoms with Crippen molar-refractivity contribution in [3.63, 3.8) is 0 Å². The molecule has 2 aliphatic heterocycles. The van der Waals surface area contributed by atoms with E-state index in [1.54, 1.807) is 29.2 Å². The number of piperidine rings is 1. The molecule has 2 heterocycles. The van der Waals surface area contributed by atoms with Crippen LogP contribution in [-0.2, 0) is 28.5 Å². The van der Waals surface area contributed by atoms with Gasteiger partial charge in [-0.3, -0.25) is 4.84 Å². The van der Waals surface area contributed by atoms with Crippen LogP contribution in [0.1, 0.15) is 29.5 Å². The molecular formula is C26H26F6N4O5S. The number of hydroxylamine groups is 1. The number of amides is 1. The van der Waals surface area contributed by atoms with E-state index in [9.17, 15) is 31.1 Å². The topological polar surface area (TPSA) is 93.3 Å². The second kappa shape index (κ2) is 12.1. The van der Waals surface area contributed by atoms with Gasteiger partial charge in [0, 0.05) is 44.2 Å². The predicted molar refractivity (Wildman–Crippen MR) is 141 cm³/mol. The molecule has 42 heavy (non-hydrogen) atoms. The Balaban J connectivity index is 1.31. The summed E-state index contributed by atoms with van der Waals surface area (Å²) in [6, 6.07) is 6.35. The van der Waals surface area contributed by atoms with Gasteiger partial charge < -0.3 is 29.7 Å². The molecule has 2 aromatic carbocycles. The zero-order chi connectivity index (χ0) is 30.7. The van der Waals surface area contributed by atoms with Crippen LogP contribution in [-0.4, -0.2) is 49.0 Å². The highest BCUT2D eigenvalue weighted by Crippen LogP contribution is 2.38. The fourth-order valence-electron chi connectivity index (χ4n) is 4.37. The monoisotopic (exact) mass is 620 g/mol. The summed E-state index contributed by atoms with van der Waals surface area (Å²) >= 11 is 5.26. The number of thiocarbonyl (C=S) groups is 1. The zero-order valence-electron chi connectivity index (χ0n) is 22.2. The molecule has 0 atom stereocenters. The predicted octanol–water partition coefficient (Wildman–Crippen LogP) is 5.58. The number of anilines is 1. The summed E-state index contributed by atoms with van der Waals surface area (Å²) in [7, 11) is 3.01. The summed E-state index contributed by atoms with van der Waals surface area (Å²) in [5.74, 6) is 1.11. The van der Waals surface area contributed by atoms with Crippen molar-refractivity contribution in [2.45, 2.75) is 37.3 Å². The Hall–Kier alpha value is -3.92. The number of nitrogens with zero attached hydrogens (tertiary/aromatic N) is 1. The molecule has 1 fully saturated rings. The fourth-order valence-corrected chi connectivity index (χ4v) is 4.67. The molecule has 4 rings (SSSR count). The van der Waals surface area contributed by atoms with Gasteiger partial charge in [-0.05, 0) is 48.1 Å². The first-order valence-corrected chi connectivity index (χ1v) is 12.8. The van der Waals surface area contributed by atoms with Crippen LogP contribution in [0.4, 0.5) is 36.8 Å². The minimum absolute atomic E-state index is 0.0433. The van der Waals surface area contributed by atoms with Crippen LogP contribution in [0.5, 0.6) is 11.5 Å². The van der Waals surface area contributed by atoms with E-state index < -0.39 is 40.9 Å². The Labute approximate surface area is 241 Å². The molecular weight excluding hydrogens is 594 g/mol. The van der Waals surface area contributed by atoms with Gasteiger partial charge in [0.15, 0.2) is 16.6 Å². The highest BCUT2D eigenvalue weighted by Gasteiger charge is 2.41. The van der Waals surface area contributed by atoms with Crippen molar-refractivity contribution >= 4 is 29.1 Å². The molecule has 9 nitrogen and oxygen atoms in total. The van der Waals surface area contributed by atoms with Gasteiger partial charge in [0.25, 0.3) is 0 Å². The lowest BCUT2D eigenvalue weighted by Crippen LogP contribution is -2.48. The zero-order valence-corrected chi connectivity index (χ0v) is 23.1. The number of alkyl halides is 6. The Morgan fingerprint density at radius 2 is 1.62 bits per heavy atom. The molecule has 0 radical (unpaired) electrons. The lowest BCUT2D eigenvalue weighted by Gasteiger charge is -2.37. The van der Waals surface area contributed by atoms with Crippen LogP contribution < -0.4 is 25.6 Å². The molecule has 3 N–H and O–H groups in total. The molecule has 1 amide bonds. The lowest BCUT2D eigenvalue weighted by atomic mass is 9.92. The van der Waals surface area contributed by atoms with Gasteiger partial charge in [0.1, 0.15) is 5.60 Å². The van der Waals surface area contributed by atoms with E-state index in [2.05, 4.69) is 16.1 Å². The quantitative estimate of drug-likeness (QED) is 0.283. The van der Waals surface area contributed by atoms with Gasteiger partial charge in [0.2, 0.25) is 5.88 Å². The van der Waals surface area contributed by atoms with Crippen LogP contribution in [0.25, 0.3) is 0 Å². The van der Waals surface area contributed by atoms with E-state index in [-0.39, 0.29) is 36.7 Å². The number of benzene rings is 2. The first kappa shape index (κ1) is 31.0. The van der Waals surface area contributed by atoms with Gasteiger partial charge in [-0.25, -0.2) is 10.3 Å². The number of alkyl carbamates (subject to hydrolysis) is 1. The number of likely N-dealkylation sites (tertiary alicyclic amines) is 1. The smallest absolute Gasteiger partial charge is 0.416 e. The summed E-state index contributed by atoms with van der Waals surface area (Å²) in [4.78, 5) is 19.6. The average molecular weight is 621 g/mol.